The highest BCUT2D eigenvalue weighted by Gasteiger charge is 2.31. The molecule has 3 rings (SSSR count). The monoisotopic (exact) mass is 328 g/mol. The zero-order valence-corrected chi connectivity index (χ0v) is 13.2. The zero-order valence-electron chi connectivity index (χ0n) is 11.6. The van der Waals surface area contributed by atoms with Crippen LogP contribution in [-0.4, -0.2) is 33.5 Å². The maximum Gasteiger partial charge on any atom is 0.320 e. The number of carbonyl (C=O) groups is 1. The average molecular weight is 329 g/mol. The predicted octanol–water partition coefficient (Wildman–Crippen LogP) is 3.18. The summed E-state index contributed by atoms with van der Waals surface area (Å²) in [6.07, 6.45) is 1.63. The van der Waals surface area contributed by atoms with Gasteiger partial charge in [0, 0.05) is 6.54 Å². The summed E-state index contributed by atoms with van der Waals surface area (Å²) < 4.78 is 5.69. The number of aryl methyl sites for hydroxylation is 1. The van der Waals surface area contributed by atoms with E-state index >= 15 is 0 Å². The molecule has 1 N–H and O–H groups in total. The first kappa shape index (κ1) is 16.0. The Morgan fingerprint density at radius 3 is 3.10 bits per heavy atom. The van der Waals surface area contributed by atoms with Gasteiger partial charge in [0.05, 0.1) is 10.6 Å². The maximum atomic E-state index is 11.2. The van der Waals surface area contributed by atoms with Crippen molar-refractivity contribution < 1.29 is 14.3 Å². The van der Waals surface area contributed by atoms with Gasteiger partial charge in [-0.3, -0.25) is 9.69 Å². The highest BCUT2D eigenvalue weighted by atomic mass is 35.5. The second-order valence-corrected chi connectivity index (χ2v) is 5.91. The van der Waals surface area contributed by atoms with Crippen LogP contribution in [0.15, 0.2) is 21.9 Å². The van der Waals surface area contributed by atoms with Gasteiger partial charge in [-0.25, -0.2) is 4.98 Å². The van der Waals surface area contributed by atoms with Crippen LogP contribution in [0.5, 0.6) is 0 Å². The lowest BCUT2D eigenvalue weighted by Crippen LogP contribution is -2.35. The van der Waals surface area contributed by atoms with Gasteiger partial charge in [0.15, 0.2) is 0 Å². The van der Waals surface area contributed by atoms with Gasteiger partial charge in [-0.2, -0.15) is 0 Å². The molecule has 0 aromatic carbocycles. The summed E-state index contributed by atoms with van der Waals surface area (Å²) in [6.45, 7) is 3.22. The molecule has 2 aromatic heterocycles. The molecule has 114 valence electrons. The lowest BCUT2D eigenvalue weighted by Gasteiger charge is -2.19. The fourth-order valence-electron chi connectivity index (χ4n) is 2.57. The number of carboxylic acid groups (broad SMARTS) is 1. The van der Waals surface area contributed by atoms with Crippen molar-refractivity contribution in [1.82, 2.24) is 9.88 Å². The van der Waals surface area contributed by atoms with Crippen LogP contribution in [-0.2, 0) is 11.3 Å². The molecule has 1 aliphatic rings. The quantitative estimate of drug-likeness (QED) is 0.933. The van der Waals surface area contributed by atoms with Gasteiger partial charge in [-0.1, -0.05) is 6.07 Å². The summed E-state index contributed by atoms with van der Waals surface area (Å²) in [7, 11) is 0. The molecular weight excluding hydrogens is 312 g/mol. The van der Waals surface area contributed by atoms with E-state index in [0.717, 1.165) is 29.3 Å². The minimum atomic E-state index is -0.748. The Kier molecular flexibility index (Phi) is 5.03. The van der Waals surface area contributed by atoms with Crippen molar-refractivity contribution >= 4 is 29.7 Å². The first-order chi connectivity index (χ1) is 9.65. The molecule has 0 aliphatic carbocycles. The lowest BCUT2D eigenvalue weighted by molar-refractivity contribution is -0.142. The molecule has 1 saturated heterocycles. The third-order valence-corrected chi connectivity index (χ3v) is 4.48. The van der Waals surface area contributed by atoms with Crippen molar-refractivity contribution in [2.75, 3.05) is 6.54 Å². The molecule has 2 aromatic rings. The summed E-state index contributed by atoms with van der Waals surface area (Å²) >= 11 is 1.58. The van der Waals surface area contributed by atoms with E-state index in [1.165, 1.54) is 0 Å². The Bertz CT molecular complexity index is 612. The fraction of sp³-hybridized carbons (Fsp3) is 0.429. The topological polar surface area (TPSA) is 66.6 Å². The number of thiophene rings is 1. The van der Waals surface area contributed by atoms with Crippen molar-refractivity contribution in [2.45, 2.75) is 32.4 Å². The average Bonchev–Trinajstić information content (AvgIpc) is 3.11. The van der Waals surface area contributed by atoms with E-state index in [9.17, 15) is 9.90 Å². The molecule has 1 unspecified atom stereocenters. The van der Waals surface area contributed by atoms with Crippen molar-refractivity contribution in [2.24, 2.45) is 0 Å². The van der Waals surface area contributed by atoms with Crippen LogP contribution in [0.3, 0.4) is 0 Å². The predicted molar refractivity (Wildman–Crippen MR) is 82.9 cm³/mol. The van der Waals surface area contributed by atoms with E-state index in [1.54, 1.807) is 11.3 Å². The number of hydrogen-bond donors (Lipinski definition) is 1. The minimum absolute atomic E-state index is 0. The van der Waals surface area contributed by atoms with E-state index in [1.807, 2.05) is 29.3 Å². The molecule has 0 amide bonds. The number of rotatable bonds is 4. The third-order valence-electron chi connectivity index (χ3n) is 3.63. The van der Waals surface area contributed by atoms with Crippen molar-refractivity contribution in [3.63, 3.8) is 0 Å². The molecule has 1 fully saturated rings. The second-order valence-electron chi connectivity index (χ2n) is 4.97. The summed E-state index contributed by atoms with van der Waals surface area (Å²) in [6, 6.07) is 3.53. The largest absolute Gasteiger partial charge is 0.480 e. The molecule has 7 heteroatoms. The van der Waals surface area contributed by atoms with E-state index in [-0.39, 0.29) is 12.4 Å². The molecule has 0 spiro atoms. The Morgan fingerprint density at radius 2 is 2.43 bits per heavy atom. The summed E-state index contributed by atoms with van der Waals surface area (Å²) in [4.78, 5) is 18.7. The van der Waals surface area contributed by atoms with Crippen LogP contribution in [0.1, 0.15) is 24.3 Å². The lowest BCUT2D eigenvalue weighted by atomic mass is 10.2. The third kappa shape index (κ3) is 3.28. The number of hydrogen-bond acceptors (Lipinski definition) is 5. The van der Waals surface area contributed by atoms with Crippen molar-refractivity contribution in [3.8, 4) is 10.8 Å². The van der Waals surface area contributed by atoms with Gasteiger partial charge in [0.25, 0.3) is 0 Å². The van der Waals surface area contributed by atoms with Gasteiger partial charge in [-0.15, -0.1) is 23.7 Å². The Labute approximate surface area is 133 Å². The van der Waals surface area contributed by atoms with Gasteiger partial charge < -0.3 is 9.52 Å². The summed E-state index contributed by atoms with van der Waals surface area (Å²) in [5.74, 6) is 0.644. The van der Waals surface area contributed by atoms with Gasteiger partial charge in [0.2, 0.25) is 5.89 Å². The van der Waals surface area contributed by atoms with Crippen LogP contribution in [0.25, 0.3) is 10.8 Å². The van der Waals surface area contributed by atoms with E-state index in [0.29, 0.717) is 18.9 Å². The van der Waals surface area contributed by atoms with Crippen LogP contribution in [0.2, 0.25) is 0 Å². The molecular formula is C14H17ClN2O3S. The van der Waals surface area contributed by atoms with Crippen LogP contribution in [0.4, 0.5) is 0 Å². The van der Waals surface area contributed by atoms with Crippen LogP contribution >= 0.6 is 23.7 Å². The van der Waals surface area contributed by atoms with Crippen molar-refractivity contribution in [3.05, 3.63) is 29.0 Å². The molecule has 5 nitrogen and oxygen atoms in total. The maximum absolute atomic E-state index is 11.2. The summed E-state index contributed by atoms with van der Waals surface area (Å²) in [5.41, 5.74) is 0.835. The Morgan fingerprint density at radius 1 is 1.62 bits per heavy atom. The number of nitrogens with zero attached hydrogens (tertiary/aromatic N) is 2. The molecule has 0 saturated carbocycles. The number of likely N-dealkylation sites (tertiary alicyclic amines) is 1. The first-order valence-corrected chi connectivity index (χ1v) is 7.50. The highest BCUT2D eigenvalue weighted by Crippen LogP contribution is 2.28. The van der Waals surface area contributed by atoms with Gasteiger partial charge >= 0.3 is 5.97 Å². The number of oxazole rings is 1. The number of aromatic nitrogens is 1. The van der Waals surface area contributed by atoms with Gasteiger partial charge in [0.1, 0.15) is 11.8 Å². The Hall–Kier alpha value is -1.37. The van der Waals surface area contributed by atoms with Crippen LogP contribution in [0, 0.1) is 6.92 Å². The molecule has 1 aliphatic heterocycles. The minimum Gasteiger partial charge on any atom is -0.480 e. The number of halogens is 1. The highest BCUT2D eigenvalue weighted by molar-refractivity contribution is 7.13. The molecule has 1 atom stereocenters. The fourth-order valence-corrected chi connectivity index (χ4v) is 3.22. The number of aliphatic carboxylic acids is 1. The smallest absolute Gasteiger partial charge is 0.320 e. The normalized spacial score (nSPS) is 18.6. The van der Waals surface area contributed by atoms with E-state index in [4.69, 9.17) is 4.42 Å². The van der Waals surface area contributed by atoms with Crippen molar-refractivity contribution in [1.29, 1.82) is 0 Å². The van der Waals surface area contributed by atoms with E-state index in [2.05, 4.69) is 4.98 Å². The second kappa shape index (κ2) is 6.60. The van der Waals surface area contributed by atoms with Gasteiger partial charge in [-0.05, 0) is 37.8 Å². The molecule has 0 bridgehead atoms. The molecule has 21 heavy (non-hydrogen) atoms. The Balaban J connectivity index is 0.00000161. The molecule has 0 radical (unpaired) electrons. The zero-order chi connectivity index (χ0) is 14.1. The van der Waals surface area contributed by atoms with E-state index < -0.39 is 12.0 Å². The SMILES string of the molecule is Cc1oc(-c2cccs2)nc1CN1CCCC1C(=O)O.Cl. The molecule has 3 heterocycles. The standard InChI is InChI=1S/C14H16N2O3S.ClH/c1-9-10(8-16-6-2-4-11(16)14(17)18)15-13(19-9)12-5-3-7-20-12;/h3,5,7,11H,2,4,6,8H2,1H3,(H,17,18);1H. The number of carboxylic acids is 1. The first-order valence-electron chi connectivity index (χ1n) is 6.62. The van der Waals surface area contributed by atoms with Crippen LogP contribution < -0.4 is 0 Å². The summed E-state index contributed by atoms with van der Waals surface area (Å²) in [5, 5.41) is 11.2.